The standard InChI is InChI=1S/C36H59N7O11/c1-35(2,3)53-33(50)42-30(41-32(48)49)39-21-13-8-7-12-19-37-28(44)27(52-25-26-17-10-9-11-18-26)29(45)38-20-14-15-23-43(24-16-22-40-31(46)47)34(51)54-36(4,5)6/h9-11,17-18,27,40H,7-8,12-16,19-25H2,1-6H3,(H,37,44)(H,38,45)(H,46,47)(H,48,49)(H2,39,41,42,50). The number of amides is 6. The van der Waals surface area contributed by atoms with Crippen molar-refractivity contribution in [3.63, 3.8) is 0 Å². The molecule has 1 rings (SSSR count). The fourth-order valence-corrected chi connectivity index (χ4v) is 4.54. The summed E-state index contributed by atoms with van der Waals surface area (Å²) in [5.74, 6) is -1.43. The Labute approximate surface area is 317 Å². The van der Waals surface area contributed by atoms with E-state index < -0.39 is 53.5 Å². The van der Waals surface area contributed by atoms with Gasteiger partial charge in [-0.05, 0) is 79.2 Å². The van der Waals surface area contributed by atoms with E-state index in [4.69, 9.17) is 24.4 Å². The molecule has 0 bridgehead atoms. The molecule has 0 aliphatic rings. The molecular weight excluding hydrogens is 706 g/mol. The van der Waals surface area contributed by atoms with Gasteiger partial charge in [0.25, 0.3) is 11.8 Å². The number of hydrogen-bond donors (Lipinski definition) is 7. The maximum atomic E-state index is 13.1. The summed E-state index contributed by atoms with van der Waals surface area (Å²) in [7, 11) is 0. The van der Waals surface area contributed by atoms with Crippen LogP contribution in [0.1, 0.15) is 92.1 Å². The van der Waals surface area contributed by atoms with Gasteiger partial charge in [-0.25, -0.2) is 19.2 Å². The van der Waals surface area contributed by atoms with E-state index in [-0.39, 0.29) is 45.3 Å². The van der Waals surface area contributed by atoms with Crippen molar-refractivity contribution in [2.75, 3.05) is 39.3 Å². The first kappa shape index (κ1) is 46.9. The van der Waals surface area contributed by atoms with Crippen LogP contribution in [0.25, 0.3) is 0 Å². The molecule has 1 atom stereocenters. The van der Waals surface area contributed by atoms with Gasteiger partial charge in [0.05, 0.1) is 6.61 Å². The van der Waals surface area contributed by atoms with E-state index in [2.05, 4.69) is 26.3 Å². The van der Waals surface area contributed by atoms with Crippen LogP contribution >= 0.6 is 0 Å². The van der Waals surface area contributed by atoms with Crippen LogP contribution in [0.15, 0.2) is 35.3 Å². The number of alkyl carbamates (subject to hydrolysis) is 1. The highest BCUT2D eigenvalue weighted by atomic mass is 16.6. The van der Waals surface area contributed by atoms with E-state index >= 15 is 0 Å². The normalized spacial score (nSPS) is 12.1. The Morgan fingerprint density at radius 2 is 1.24 bits per heavy atom. The minimum absolute atomic E-state index is 0.0377. The number of carbonyl (C=O) groups is 6. The molecule has 0 saturated carbocycles. The summed E-state index contributed by atoms with van der Waals surface area (Å²) in [6, 6.07) is 9.13. The molecule has 0 aliphatic heterocycles. The van der Waals surface area contributed by atoms with E-state index in [1.165, 1.54) is 4.90 Å². The highest BCUT2D eigenvalue weighted by molar-refractivity contribution is 6.03. The van der Waals surface area contributed by atoms with Crippen molar-refractivity contribution in [2.45, 2.75) is 110 Å². The molecule has 0 heterocycles. The number of hydrogen-bond acceptors (Lipinski definition) is 10. The van der Waals surface area contributed by atoms with E-state index in [0.717, 1.165) is 5.56 Å². The number of guanidine groups is 1. The number of benzene rings is 1. The molecule has 7 N–H and O–H groups in total. The van der Waals surface area contributed by atoms with E-state index in [1.807, 2.05) is 35.6 Å². The minimum Gasteiger partial charge on any atom is -0.465 e. The van der Waals surface area contributed by atoms with Crippen molar-refractivity contribution in [1.29, 1.82) is 0 Å². The van der Waals surface area contributed by atoms with Crippen molar-refractivity contribution in [2.24, 2.45) is 4.99 Å². The van der Waals surface area contributed by atoms with Crippen LogP contribution in [-0.2, 0) is 30.4 Å². The average Bonchev–Trinajstić information content (AvgIpc) is 3.05. The first-order valence-corrected chi connectivity index (χ1v) is 18.1. The molecule has 0 saturated heterocycles. The summed E-state index contributed by atoms with van der Waals surface area (Å²) >= 11 is 0. The lowest BCUT2D eigenvalue weighted by Crippen LogP contribution is -2.47. The lowest BCUT2D eigenvalue weighted by atomic mass is 10.2. The molecule has 0 aromatic heterocycles. The van der Waals surface area contributed by atoms with Crippen LogP contribution in [0.3, 0.4) is 0 Å². The number of rotatable bonds is 21. The Hall–Kier alpha value is -5.13. The third-order valence-corrected chi connectivity index (χ3v) is 6.92. The molecule has 0 spiro atoms. The molecule has 1 aromatic carbocycles. The Balaban J connectivity index is 2.62. The SMILES string of the molecule is CC(C)(C)OC(=O)NC(=NCCCCCCNC(=O)C(OCc1ccccc1)C(=O)NCCCCN(CCCNC(=O)O)C(=O)OC(C)(C)C)NC(=O)O. The first-order chi connectivity index (χ1) is 25.4. The van der Waals surface area contributed by atoms with Gasteiger partial charge < -0.3 is 45.3 Å². The van der Waals surface area contributed by atoms with E-state index in [9.17, 15) is 28.8 Å². The maximum Gasteiger partial charge on any atom is 0.414 e. The molecule has 6 amide bonds. The van der Waals surface area contributed by atoms with Gasteiger partial charge in [0.1, 0.15) is 11.2 Å². The zero-order chi connectivity index (χ0) is 40.6. The number of nitrogens with one attached hydrogen (secondary N) is 5. The number of carboxylic acid groups (broad SMARTS) is 2. The number of nitrogens with zero attached hydrogens (tertiary/aromatic N) is 2. The lowest BCUT2D eigenvalue weighted by Gasteiger charge is -2.27. The molecule has 18 heteroatoms. The van der Waals surface area contributed by atoms with Crippen LogP contribution in [-0.4, -0.2) is 114 Å². The predicted molar refractivity (Wildman–Crippen MR) is 200 cm³/mol. The third kappa shape index (κ3) is 24.2. The average molecular weight is 766 g/mol. The van der Waals surface area contributed by atoms with Crippen LogP contribution in [0.2, 0.25) is 0 Å². The minimum atomic E-state index is -1.41. The highest BCUT2D eigenvalue weighted by Gasteiger charge is 2.27. The zero-order valence-corrected chi connectivity index (χ0v) is 32.3. The van der Waals surface area contributed by atoms with Crippen LogP contribution in [0.4, 0.5) is 19.2 Å². The molecular formula is C36H59N7O11. The first-order valence-electron chi connectivity index (χ1n) is 18.1. The second-order valence-electron chi connectivity index (χ2n) is 14.2. The molecule has 1 aromatic rings. The van der Waals surface area contributed by atoms with E-state index in [0.29, 0.717) is 51.5 Å². The second kappa shape index (κ2) is 25.0. The quantitative estimate of drug-likeness (QED) is 0.0405. The Kier molecular flexibility index (Phi) is 21.7. The number of unbranched alkanes of at least 4 members (excludes halogenated alkanes) is 4. The van der Waals surface area contributed by atoms with Gasteiger partial charge in [0, 0.05) is 39.3 Å². The van der Waals surface area contributed by atoms with Gasteiger partial charge in [-0.3, -0.25) is 25.2 Å². The van der Waals surface area contributed by atoms with Crippen molar-refractivity contribution < 1.29 is 53.2 Å². The van der Waals surface area contributed by atoms with Crippen LogP contribution < -0.4 is 26.6 Å². The Bertz CT molecular complexity index is 1360. The predicted octanol–water partition coefficient (Wildman–Crippen LogP) is 4.19. The van der Waals surface area contributed by atoms with Crippen molar-refractivity contribution >= 4 is 42.1 Å². The summed E-state index contributed by atoms with van der Waals surface area (Å²) in [5, 5.41) is 29.9. The molecule has 54 heavy (non-hydrogen) atoms. The van der Waals surface area contributed by atoms with Crippen LogP contribution in [0, 0.1) is 0 Å². The molecule has 0 radical (unpaired) electrons. The number of ether oxygens (including phenoxy) is 3. The summed E-state index contributed by atoms with van der Waals surface area (Å²) in [5.41, 5.74) is -0.689. The van der Waals surface area contributed by atoms with Gasteiger partial charge in [0.2, 0.25) is 12.1 Å². The van der Waals surface area contributed by atoms with E-state index in [1.54, 1.807) is 41.5 Å². The summed E-state index contributed by atoms with van der Waals surface area (Å²) in [6.45, 7) is 11.9. The fourth-order valence-electron chi connectivity index (χ4n) is 4.54. The van der Waals surface area contributed by atoms with Gasteiger partial charge in [-0.1, -0.05) is 43.2 Å². The largest absolute Gasteiger partial charge is 0.465 e. The summed E-state index contributed by atoms with van der Waals surface area (Å²) < 4.78 is 16.4. The second-order valence-corrected chi connectivity index (χ2v) is 14.2. The van der Waals surface area contributed by atoms with Crippen LogP contribution in [0.5, 0.6) is 0 Å². The molecule has 304 valence electrons. The summed E-state index contributed by atoms with van der Waals surface area (Å²) in [4.78, 5) is 78.3. The molecule has 18 nitrogen and oxygen atoms in total. The Morgan fingerprint density at radius 3 is 1.81 bits per heavy atom. The molecule has 1 unspecified atom stereocenters. The topological polar surface area (TPSA) is 246 Å². The Morgan fingerprint density at radius 1 is 0.685 bits per heavy atom. The van der Waals surface area contributed by atoms with Gasteiger partial charge in [0.15, 0.2) is 0 Å². The maximum absolute atomic E-state index is 13.1. The smallest absolute Gasteiger partial charge is 0.414 e. The van der Waals surface area contributed by atoms with Crippen molar-refractivity contribution in [1.82, 2.24) is 31.5 Å². The van der Waals surface area contributed by atoms with Gasteiger partial charge >= 0.3 is 24.4 Å². The molecule has 0 fully saturated rings. The van der Waals surface area contributed by atoms with Gasteiger partial charge in [-0.2, -0.15) is 0 Å². The lowest BCUT2D eigenvalue weighted by molar-refractivity contribution is -0.146. The van der Waals surface area contributed by atoms with Crippen molar-refractivity contribution in [3.05, 3.63) is 35.9 Å². The fraction of sp³-hybridized carbons (Fsp3) is 0.639. The third-order valence-electron chi connectivity index (χ3n) is 6.92. The number of carbonyl (C=O) groups excluding carboxylic acids is 4. The summed E-state index contributed by atoms with van der Waals surface area (Å²) in [6.07, 6.45) is -1.32. The monoisotopic (exact) mass is 765 g/mol. The van der Waals surface area contributed by atoms with Gasteiger partial charge in [-0.15, -0.1) is 0 Å². The highest BCUT2D eigenvalue weighted by Crippen LogP contribution is 2.12. The number of aliphatic imine (C=N–C) groups is 1. The zero-order valence-electron chi connectivity index (χ0n) is 32.3. The molecule has 0 aliphatic carbocycles. The van der Waals surface area contributed by atoms with Crippen molar-refractivity contribution in [3.8, 4) is 0 Å².